The van der Waals surface area contributed by atoms with Crippen LogP contribution in [0.5, 0.6) is 0 Å². The van der Waals surface area contributed by atoms with Gasteiger partial charge in [-0.25, -0.2) is 0 Å². The van der Waals surface area contributed by atoms with Gasteiger partial charge >= 0.3 is 0 Å². The van der Waals surface area contributed by atoms with E-state index in [-0.39, 0.29) is 16.9 Å². The molecule has 0 fully saturated rings. The molecule has 0 bridgehead atoms. The summed E-state index contributed by atoms with van der Waals surface area (Å²) in [5.41, 5.74) is 2.02. The van der Waals surface area contributed by atoms with Crippen LogP contribution in [0.2, 0.25) is 0 Å². The lowest BCUT2D eigenvalue weighted by Crippen LogP contribution is -2.29. The number of benzene rings is 1. The predicted octanol–water partition coefficient (Wildman–Crippen LogP) is 4.47. The zero-order valence-electron chi connectivity index (χ0n) is 16.5. The summed E-state index contributed by atoms with van der Waals surface area (Å²) in [6.45, 7) is 10.8. The van der Waals surface area contributed by atoms with Gasteiger partial charge in [0.1, 0.15) is 11.3 Å². The zero-order valence-corrected chi connectivity index (χ0v) is 16.5. The Morgan fingerprint density at radius 3 is 2.59 bits per heavy atom. The lowest BCUT2D eigenvalue weighted by atomic mass is 9.89. The Morgan fingerprint density at radius 1 is 1.22 bits per heavy atom. The molecule has 1 aromatic carbocycles. The summed E-state index contributed by atoms with van der Waals surface area (Å²) < 4.78 is 6.07. The molecule has 0 spiro atoms. The van der Waals surface area contributed by atoms with E-state index in [0.29, 0.717) is 34.9 Å². The number of nitrogens with one attached hydrogen (secondary N) is 2. The number of H-pyrrole nitrogens is 1. The molecular weight excluding hydrogens is 340 g/mol. The minimum Gasteiger partial charge on any atom is -0.460 e. The van der Waals surface area contributed by atoms with Gasteiger partial charge in [-0.1, -0.05) is 40.7 Å². The van der Waals surface area contributed by atoms with Crippen molar-refractivity contribution in [2.24, 2.45) is 5.92 Å². The molecule has 2 aromatic heterocycles. The van der Waals surface area contributed by atoms with Crippen LogP contribution in [0.3, 0.4) is 0 Å². The fraction of sp³-hybridized carbons (Fsp3) is 0.364. The summed E-state index contributed by atoms with van der Waals surface area (Å²) in [5.74, 6) is 0.855. The number of carbonyl (C=O) groups excluding carboxylic acids is 1. The first-order valence-corrected chi connectivity index (χ1v) is 9.22. The number of aromatic nitrogens is 1. The normalized spacial score (nSPS) is 11.9. The highest BCUT2D eigenvalue weighted by molar-refractivity contribution is 6.08. The maximum atomic E-state index is 13.0. The number of fused-ring (bicyclic) bond motifs is 1. The van der Waals surface area contributed by atoms with Gasteiger partial charge in [0, 0.05) is 29.1 Å². The van der Waals surface area contributed by atoms with Crippen LogP contribution < -0.4 is 10.9 Å². The highest BCUT2D eigenvalue weighted by Gasteiger charge is 2.29. The van der Waals surface area contributed by atoms with E-state index >= 15 is 0 Å². The largest absolute Gasteiger partial charge is 0.460 e. The molecule has 0 radical (unpaired) electrons. The Balaban J connectivity index is 2.20. The number of hydrogen-bond donors (Lipinski definition) is 2. The van der Waals surface area contributed by atoms with Gasteiger partial charge in [-0.3, -0.25) is 9.59 Å². The molecule has 0 saturated carbocycles. The van der Waals surface area contributed by atoms with Crippen molar-refractivity contribution in [1.82, 2.24) is 10.3 Å². The SMILES string of the molecule is CC(C)CNC(=O)c1c(C(C)(C)C)oc2ccc(-c3ccc[nH]c3=O)cc12. The highest BCUT2D eigenvalue weighted by Crippen LogP contribution is 2.36. The van der Waals surface area contributed by atoms with Crippen molar-refractivity contribution in [3.63, 3.8) is 0 Å². The van der Waals surface area contributed by atoms with E-state index in [1.807, 2.05) is 39.0 Å². The zero-order chi connectivity index (χ0) is 19.8. The van der Waals surface area contributed by atoms with Gasteiger partial charge in [0.15, 0.2) is 0 Å². The van der Waals surface area contributed by atoms with E-state index in [4.69, 9.17) is 4.42 Å². The van der Waals surface area contributed by atoms with Gasteiger partial charge in [-0.05, 0) is 35.7 Å². The van der Waals surface area contributed by atoms with Crippen molar-refractivity contribution >= 4 is 16.9 Å². The van der Waals surface area contributed by atoms with E-state index < -0.39 is 0 Å². The molecule has 0 aliphatic rings. The molecule has 3 rings (SSSR count). The number of hydrogen-bond acceptors (Lipinski definition) is 3. The first kappa shape index (κ1) is 19.0. The van der Waals surface area contributed by atoms with Gasteiger partial charge in [0.2, 0.25) is 0 Å². The lowest BCUT2D eigenvalue weighted by Gasteiger charge is -2.17. The molecule has 0 aliphatic carbocycles. The molecule has 2 heterocycles. The highest BCUT2D eigenvalue weighted by atomic mass is 16.3. The number of amides is 1. The molecule has 0 saturated heterocycles. The molecule has 3 aromatic rings. The van der Waals surface area contributed by atoms with Gasteiger partial charge in [-0.2, -0.15) is 0 Å². The average molecular weight is 366 g/mol. The number of aromatic amines is 1. The standard InChI is InChI=1S/C22H26N2O3/c1-13(2)12-24-21(26)18-16-11-14(15-7-6-10-23-20(15)25)8-9-17(16)27-19(18)22(3,4)5/h6-11,13H,12H2,1-5H3,(H,23,25)(H,24,26). The molecule has 0 unspecified atom stereocenters. The van der Waals surface area contributed by atoms with Gasteiger partial charge in [0.05, 0.1) is 5.56 Å². The van der Waals surface area contributed by atoms with Crippen molar-refractivity contribution < 1.29 is 9.21 Å². The Hall–Kier alpha value is -2.82. The Kier molecular flexibility index (Phi) is 4.96. The van der Waals surface area contributed by atoms with E-state index in [1.165, 1.54) is 0 Å². The molecule has 2 N–H and O–H groups in total. The molecule has 5 nitrogen and oxygen atoms in total. The molecule has 5 heteroatoms. The maximum Gasteiger partial charge on any atom is 0.255 e. The minimum absolute atomic E-state index is 0.147. The fourth-order valence-corrected chi connectivity index (χ4v) is 3.05. The fourth-order valence-electron chi connectivity index (χ4n) is 3.05. The molecule has 0 atom stereocenters. The second-order valence-corrected chi connectivity index (χ2v) is 8.28. The summed E-state index contributed by atoms with van der Waals surface area (Å²) in [6.07, 6.45) is 1.60. The monoisotopic (exact) mass is 366 g/mol. The van der Waals surface area contributed by atoms with Gasteiger partial charge < -0.3 is 14.7 Å². The molecular formula is C22H26N2O3. The summed E-state index contributed by atoms with van der Waals surface area (Å²) in [6, 6.07) is 9.09. The first-order valence-electron chi connectivity index (χ1n) is 9.22. The molecule has 27 heavy (non-hydrogen) atoms. The van der Waals surface area contributed by atoms with Gasteiger partial charge in [0.25, 0.3) is 11.5 Å². The van der Waals surface area contributed by atoms with Crippen LogP contribution in [0.4, 0.5) is 0 Å². The van der Waals surface area contributed by atoms with Crippen molar-refractivity contribution in [2.75, 3.05) is 6.54 Å². The Labute approximate surface area is 158 Å². The minimum atomic E-state index is -0.325. The second-order valence-electron chi connectivity index (χ2n) is 8.28. The topological polar surface area (TPSA) is 75.1 Å². The summed E-state index contributed by atoms with van der Waals surface area (Å²) >= 11 is 0. The van der Waals surface area contributed by atoms with Crippen molar-refractivity contribution in [2.45, 2.75) is 40.0 Å². The van der Waals surface area contributed by atoms with Crippen molar-refractivity contribution in [3.8, 4) is 11.1 Å². The third-order valence-corrected chi connectivity index (χ3v) is 4.40. The van der Waals surface area contributed by atoms with E-state index in [2.05, 4.69) is 24.1 Å². The number of pyridine rings is 1. The van der Waals surface area contributed by atoms with E-state index in [1.54, 1.807) is 18.3 Å². The smallest absolute Gasteiger partial charge is 0.255 e. The van der Waals surface area contributed by atoms with Crippen LogP contribution in [-0.2, 0) is 5.41 Å². The Morgan fingerprint density at radius 2 is 1.96 bits per heavy atom. The van der Waals surface area contributed by atoms with Gasteiger partial charge in [-0.15, -0.1) is 0 Å². The van der Waals surface area contributed by atoms with E-state index in [9.17, 15) is 9.59 Å². The summed E-state index contributed by atoms with van der Waals surface area (Å²) in [4.78, 5) is 27.8. The molecule has 0 aliphatic heterocycles. The number of carbonyl (C=O) groups is 1. The third-order valence-electron chi connectivity index (χ3n) is 4.40. The van der Waals surface area contributed by atoms with Crippen LogP contribution in [0, 0.1) is 5.92 Å². The third kappa shape index (κ3) is 3.82. The number of furan rings is 1. The van der Waals surface area contributed by atoms with Crippen LogP contribution in [0.1, 0.15) is 50.7 Å². The number of rotatable bonds is 4. The van der Waals surface area contributed by atoms with E-state index in [0.717, 1.165) is 10.9 Å². The maximum absolute atomic E-state index is 13.0. The van der Waals surface area contributed by atoms with Crippen molar-refractivity contribution in [1.29, 1.82) is 0 Å². The first-order chi connectivity index (χ1) is 12.7. The second kappa shape index (κ2) is 7.06. The quantitative estimate of drug-likeness (QED) is 0.715. The summed E-state index contributed by atoms with van der Waals surface area (Å²) in [7, 11) is 0. The van der Waals surface area contributed by atoms with Crippen molar-refractivity contribution in [3.05, 3.63) is 58.2 Å². The van der Waals surface area contributed by atoms with Crippen LogP contribution in [-0.4, -0.2) is 17.4 Å². The molecule has 142 valence electrons. The van der Waals surface area contributed by atoms with Crippen LogP contribution >= 0.6 is 0 Å². The van der Waals surface area contributed by atoms with Crippen LogP contribution in [0.15, 0.2) is 45.7 Å². The summed E-state index contributed by atoms with van der Waals surface area (Å²) in [5, 5.41) is 3.72. The van der Waals surface area contributed by atoms with Crippen LogP contribution in [0.25, 0.3) is 22.1 Å². The Bertz CT molecular complexity index is 1040. The average Bonchev–Trinajstić information content (AvgIpc) is 2.99. The lowest BCUT2D eigenvalue weighted by molar-refractivity contribution is 0.0946. The molecule has 1 amide bonds. The predicted molar refractivity (Wildman–Crippen MR) is 108 cm³/mol.